The van der Waals surface area contributed by atoms with Crippen LogP contribution in [0.3, 0.4) is 0 Å². The molecule has 4 nitrogen and oxygen atoms in total. The molecule has 0 radical (unpaired) electrons. The predicted octanol–water partition coefficient (Wildman–Crippen LogP) is 33.5. The summed E-state index contributed by atoms with van der Waals surface area (Å²) in [5.41, 5.74) is 40.0. The van der Waals surface area contributed by atoms with E-state index in [-0.39, 0.29) is 10.8 Å². The number of hydrogen-bond donors (Lipinski definition) is 0. The van der Waals surface area contributed by atoms with Crippen LogP contribution in [0.4, 0.5) is 17.1 Å². The molecule has 0 bridgehead atoms. The number of benzene rings is 14. The van der Waals surface area contributed by atoms with Gasteiger partial charge in [-0.05, 0) is 233 Å². The van der Waals surface area contributed by atoms with Crippen molar-refractivity contribution in [3.05, 3.63) is 340 Å². The lowest BCUT2D eigenvalue weighted by Crippen LogP contribution is -2.33. The average Bonchev–Trinajstić information content (AvgIpc) is 1.49. The van der Waals surface area contributed by atoms with E-state index in [0.29, 0.717) is 0 Å². The predicted molar refractivity (Wildman–Crippen MR) is 501 cm³/mol. The van der Waals surface area contributed by atoms with Crippen molar-refractivity contribution in [1.29, 1.82) is 0 Å². The van der Waals surface area contributed by atoms with E-state index in [2.05, 4.69) is 306 Å². The van der Waals surface area contributed by atoms with Crippen molar-refractivity contribution < 1.29 is 13.3 Å². The fraction of sp³-hybridized carbons (Fsp3) is 0.276. The molecule has 3 heterocycles. The van der Waals surface area contributed by atoms with Crippen molar-refractivity contribution in [1.82, 2.24) is 0 Å². The molecular formula is C116H105NO3. The smallest absolute Gasteiger partial charge is 0.144 e. The second-order valence-electron chi connectivity index (χ2n) is 36.3. The Morgan fingerprint density at radius 2 is 0.592 bits per heavy atom. The van der Waals surface area contributed by atoms with Crippen molar-refractivity contribution in [2.75, 3.05) is 4.90 Å². The normalized spacial score (nSPS) is 14.9. The first-order valence-corrected chi connectivity index (χ1v) is 46.0. The largest absolute Gasteiger partial charge is 0.456 e. The van der Waals surface area contributed by atoms with Gasteiger partial charge in [-0.25, -0.2) is 0 Å². The molecule has 2 spiro atoms. The van der Waals surface area contributed by atoms with Crippen LogP contribution in [0.5, 0.6) is 0 Å². The number of unbranched alkanes of at least 4 members (excludes halogenated alkanes) is 16. The zero-order valence-electron chi connectivity index (χ0n) is 70.1. The van der Waals surface area contributed by atoms with Gasteiger partial charge in [-0.2, -0.15) is 0 Å². The molecule has 0 saturated carbocycles. The lowest BCUT2D eigenvalue weighted by molar-refractivity contribution is 0.369. The standard InChI is InChI=1S/C116H105NO3/c1-5-9-13-17-37-65-113(66-38-18-14-10-6-2)90-49-29-25-46-83(90)109-111(113)110-107(108-86-48-28-36-56-102(86)120-112(108)109)84-61-58-75(70-96(84)114(110,67-39-19-15-11-7-3)68-40-20-16-12-8-4)117(74-59-63-103-88(69-74)82-45-26-34-54-100(82)118-103)76-57-60-81-87-72-99-89(73-98(87)116(97(81)71-76)93-52-32-23-43-79(93)80-44-24-33-53-94(80)116)105-95(62-64-104-106(105)85-47-27-35-55-101(85)119-104)115(99)91-50-30-21-41-77(91)78-42-22-31-51-92(78)115/h21-36,41-64,69-73H,5-20,37-40,65-68H2,1-4H3. The number of nitrogens with zero attached hydrogens (tertiary/aromatic N) is 1. The van der Waals surface area contributed by atoms with Gasteiger partial charge >= 0.3 is 0 Å². The number of hydrogen-bond acceptors (Lipinski definition) is 4. The molecule has 3 aromatic heterocycles. The van der Waals surface area contributed by atoms with Gasteiger partial charge in [-0.15, -0.1) is 0 Å². The van der Waals surface area contributed by atoms with E-state index >= 15 is 0 Å². The van der Waals surface area contributed by atoms with E-state index in [1.165, 1.54) is 254 Å². The van der Waals surface area contributed by atoms with Gasteiger partial charge in [0.15, 0.2) is 0 Å². The van der Waals surface area contributed by atoms with Gasteiger partial charge in [0.2, 0.25) is 0 Å². The molecule has 0 saturated heterocycles. The fourth-order valence-electron chi connectivity index (χ4n) is 25.0. The summed E-state index contributed by atoms with van der Waals surface area (Å²) in [6, 6.07) is 107. The molecule has 592 valence electrons. The SMILES string of the molecule is CCCCCCCC1(CCCCCCC)c2ccccc2-c2c1c1c(c3c2oc2ccccc23)-c2ccc(N(c3ccc4c(c3)C3(c5ccccc5-c5ccccc53)c3cc5c(cc3-4)C3(c4ccccc4-c4ccccc43)c3ccc4oc6ccccc6c4c3-5)c3ccc4oc5ccccc5c4c3)cc2C1(CCCCCCC)CCCCCCC. The maximum absolute atomic E-state index is 7.70. The summed E-state index contributed by atoms with van der Waals surface area (Å²) >= 11 is 0. The molecule has 23 rings (SSSR count). The third-order valence-corrected chi connectivity index (χ3v) is 30.0. The van der Waals surface area contributed by atoms with Crippen LogP contribution >= 0.6 is 0 Å². The Kier molecular flexibility index (Phi) is 17.8. The molecule has 17 aromatic rings. The van der Waals surface area contributed by atoms with Crippen molar-refractivity contribution in [3.8, 4) is 66.8 Å². The Morgan fingerprint density at radius 3 is 1.16 bits per heavy atom. The van der Waals surface area contributed by atoms with Gasteiger partial charge in [0.25, 0.3) is 0 Å². The van der Waals surface area contributed by atoms with Crippen LogP contribution < -0.4 is 4.90 Å². The average molecular weight is 1560 g/mol. The molecule has 14 aromatic carbocycles. The van der Waals surface area contributed by atoms with E-state index < -0.39 is 10.8 Å². The molecule has 6 aliphatic rings. The van der Waals surface area contributed by atoms with Crippen LogP contribution in [-0.2, 0) is 21.7 Å². The summed E-state index contributed by atoms with van der Waals surface area (Å²) < 4.78 is 21.5. The quantitative estimate of drug-likeness (QED) is 0.0481. The van der Waals surface area contributed by atoms with Gasteiger partial charge < -0.3 is 18.2 Å². The minimum absolute atomic E-state index is 0.206. The Balaban J connectivity index is 0.802. The molecule has 0 atom stereocenters. The van der Waals surface area contributed by atoms with Gasteiger partial charge in [0.05, 0.1) is 10.8 Å². The monoisotopic (exact) mass is 1560 g/mol. The number of furan rings is 3. The van der Waals surface area contributed by atoms with Gasteiger partial charge in [-0.3, -0.25) is 0 Å². The van der Waals surface area contributed by atoms with Crippen molar-refractivity contribution >= 4 is 82.9 Å². The second kappa shape index (κ2) is 29.0. The molecular weight excluding hydrogens is 1460 g/mol. The second-order valence-corrected chi connectivity index (χ2v) is 36.3. The highest BCUT2D eigenvalue weighted by Crippen LogP contribution is 2.72. The summed E-state index contributed by atoms with van der Waals surface area (Å²) in [4.78, 5) is 2.68. The van der Waals surface area contributed by atoms with Crippen LogP contribution in [0.2, 0.25) is 0 Å². The summed E-state index contributed by atoms with van der Waals surface area (Å²) in [5.74, 6) is 0. The van der Waals surface area contributed by atoms with Crippen LogP contribution in [0.1, 0.15) is 249 Å². The molecule has 6 aliphatic carbocycles. The molecule has 0 aliphatic heterocycles. The van der Waals surface area contributed by atoms with Crippen molar-refractivity contribution in [2.24, 2.45) is 0 Å². The summed E-state index contributed by atoms with van der Waals surface area (Å²) in [6.45, 7) is 9.51. The molecule has 4 heteroatoms. The Labute approximate surface area is 706 Å². The zero-order chi connectivity index (χ0) is 80.0. The minimum atomic E-state index is -0.730. The van der Waals surface area contributed by atoms with E-state index in [1.54, 1.807) is 16.7 Å². The third kappa shape index (κ3) is 10.4. The maximum atomic E-state index is 7.70. The summed E-state index contributed by atoms with van der Waals surface area (Å²) in [7, 11) is 0. The van der Waals surface area contributed by atoms with Crippen LogP contribution in [-0.4, -0.2) is 0 Å². The molecule has 0 fully saturated rings. The van der Waals surface area contributed by atoms with E-state index in [4.69, 9.17) is 13.3 Å². The fourth-order valence-corrected chi connectivity index (χ4v) is 25.0. The number of rotatable bonds is 27. The zero-order valence-corrected chi connectivity index (χ0v) is 70.1. The summed E-state index contributed by atoms with van der Waals surface area (Å²) in [6.07, 6.45) is 29.2. The van der Waals surface area contributed by atoms with Crippen LogP contribution in [0, 0.1) is 0 Å². The molecule has 0 amide bonds. The van der Waals surface area contributed by atoms with Gasteiger partial charge in [0, 0.05) is 65.8 Å². The number of anilines is 3. The number of fused-ring (bicyclic) bond motifs is 39. The van der Waals surface area contributed by atoms with Crippen molar-refractivity contribution in [3.63, 3.8) is 0 Å². The van der Waals surface area contributed by atoms with Gasteiger partial charge in [-0.1, -0.05) is 350 Å². The van der Waals surface area contributed by atoms with Crippen LogP contribution in [0.15, 0.2) is 286 Å². The molecule has 0 unspecified atom stereocenters. The van der Waals surface area contributed by atoms with Crippen LogP contribution in [0.25, 0.3) is 133 Å². The highest BCUT2D eigenvalue weighted by molar-refractivity contribution is 6.22. The summed E-state index contributed by atoms with van der Waals surface area (Å²) in [5, 5.41) is 7.10. The van der Waals surface area contributed by atoms with Crippen molar-refractivity contribution in [2.45, 2.75) is 203 Å². The first-order chi connectivity index (χ1) is 59.4. The highest BCUT2D eigenvalue weighted by Gasteiger charge is 2.59. The lowest BCUT2D eigenvalue weighted by atomic mass is 9.62. The topological polar surface area (TPSA) is 42.7 Å². The third-order valence-electron chi connectivity index (χ3n) is 30.0. The van der Waals surface area contributed by atoms with Gasteiger partial charge in [0.1, 0.15) is 33.5 Å². The lowest BCUT2D eigenvalue weighted by Gasteiger charge is -2.40. The van der Waals surface area contributed by atoms with E-state index in [9.17, 15) is 0 Å². The number of para-hydroxylation sites is 3. The minimum Gasteiger partial charge on any atom is -0.456 e. The molecule has 0 N–H and O–H groups in total. The Hall–Kier alpha value is -11.7. The Bertz CT molecular complexity index is 6860. The van der Waals surface area contributed by atoms with E-state index in [1.807, 2.05) is 0 Å². The maximum Gasteiger partial charge on any atom is 0.144 e. The Morgan fingerprint density at radius 1 is 0.225 bits per heavy atom. The molecule has 120 heavy (non-hydrogen) atoms. The first kappa shape index (κ1) is 73.4. The highest BCUT2D eigenvalue weighted by atomic mass is 16.3. The first-order valence-electron chi connectivity index (χ1n) is 46.0. The van der Waals surface area contributed by atoms with E-state index in [0.717, 1.165) is 99.6 Å².